The number of nitrogens with zero attached hydrogens (tertiary/aromatic N) is 10. The van der Waals surface area contributed by atoms with Crippen LogP contribution >= 0.6 is 0 Å². The molecular formula is C45H54N14O8S. The fourth-order valence-electron chi connectivity index (χ4n) is 7.95. The predicted molar refractivity (Wildman–Crippen MR) is 254 cm³/mol. The van der Waals surface area contributed by atoms with Gasteiger partial charge in [-0.3, -0.25) is 39.2 Å². The van der Waals surface area contributed by atoms with E-state index in [4.69, 9.17) is 25.9 Å². The summed E-state index contributed by atoms with van der Waals surface area (Å²) in [6, 6.07) is 9.35. The van der Waals surface area contributed by atoms with Crippen LogP contribution in [0.15, 0.2) is 48.6 Å². The minimum atomic E-state index is -3.53. The molecule has 22 nitrogen and oxygen atoms in total. The number of primary amides is 2. The zero-order valence-electron chi connectivity index (χ0n) is 38.9. The third-order valence-corrected chi connectivity index (χ3v) is 13.3. The highest BCUT2D eigenvalue weighted by Crippen LogP contribution is 2.33. The number of aryl methyl sites for hydroxylation is 4. The van der Waals surface area contributed by atoms with Gasteiger partial charge >= 0.3 is 0 Å². The second-order valence-corrected chi connectivity index (χ2v) is 18.3. The molecule has 4 aromatic heterocycles. The van der Waals surface area contributed by atoms with E-state index in [0.29, 0.717) is 83.9 Å². The van der Waals surface area contributed by atoms with Crippen molar-refractivity contribution in [3.05, 3.63) is 82.5 Å². The van der Waals surface area contributed by atoms with Crippen LogP contribution in [0.2, 0.25) is 0 Å². The highest BCUT2D eigenvalue weighted by Gasteiger charge is 2.29. The van der Waals surface area contributed by atoms with Crippen LogP contribution in [0.4, 0.5) is 11.9 Å². The van der Waals surface area contributed by atoms with Crippen molar-refractivity contribution in [2.45, 2.75) is 66.7 Å². The molecule has 6 N–H and O–H groups in total. The quantitative estimate of drug-likeness (QED) is 0.0758. The molecule has 0 radical (unpaired) electrons. The molecule has 4 amide bonds. The van der Waals surface area contributed by atoms with Gasteiger partial charge in [0.2, 0.25) is 23.7 Å². The molecule has 1 aliphatic rings. The van der Waals surface area contributed by atoms with Crippen molar-refractivity contribution in [1.82, 2.24) is 47.3 Å². The fourth-order valence-corrected chi connectivity index (χ4v) is 9.08. The van der Waals surface area contributed by atoms with Gasteiger partial charge < -0.3 is 30.1 Å². The van der Waals surface area contributed by atoms with Crippen molar-refractivity contribution < 1.29 is 37.1 Å². The van der Waals surface area contributed by atoms with Gasteiger partial charge in [0.15, 0.2) is 0 Å². The molecule has 0 spiro atoms. The SMILES string of the molecule is CCn1nc(C)cc1C(=O)Nc1nc2cc(C(N)=O)cc(OC)c2n1C/C=C/Cn1c(NC(=O)c2cc(C)nn2CC)nc2cc(C(N)=O)cc(OCC#CC3CCN(S(=O)(=O)N(C)C)CC3)c21. The van der Waals surface area contributed by atoms with Crippen LogP contribution < -0.4 is 31.6 Å². The average molecular weight is 951 g/mol. The number of methoxy groups -OCH3 is 1. The van der Waals surface area contributed by atoms with Crippen LogP contribution in [-0.4, -0.2) is 120 Å². The topological polar surface area (TPSA) is 275 Å². The zero-order chi connectivity index (χ0) is 49.0. The van der Waals surface area contributed by atoms with Gasteiger partial charge in [-0.2, -0.15) is 27.2 Å². The van der Waals surface area contributed by atoms with Crippen molar-refractivity contribution in [2.24, 2.45) is 17.4 Å². The minimum absolute atomic E-state index is 0.0578. The van der Waals surface area contributed by atoms with Crippen molar-refractivity contribution in [2.75, 3.05) is 51.5 Å². The third-order valence-electron chi connectivity index (χ3n) is 11.3. The number of hydrogen-bond acceptors (Lipinski definition) is 12. The number of anilines is 2. The zero-order valence-corrected chi connectivity index (χ0v) is 39.7. The Morgan fingerprint density at radius 1 is 0.779 bits per heavy atom. The maximum atomic E-state index is 13.9. The standard InChI is InChI=1S/C45H54N14O8S/c1-8-58-34(21-27(3)52-58)42(62)50-44-48-32-23-30(40(46)60)25-36(66-7)38(32)56(44)16-10-11-17-57-39-33(49-45(57)51-43(63)35-22-28(4)53-59(35)9-2)24-31(41(47)61)26-37(39)67-20-12-13-29-14-18-55(19-15-29)68(64,65)54(5)6/h10-11,21-26,29H,8-9,14-20H2,1-7H3,(H2,46,60)(H2,47,61)(H,48,50,62)(H,49,51,63)/b11-10+. The van der Waals surface area contributed by atoms with Gasteiger partial charge in [0.05, 0.1) is 29.5 Å². The Balaban J connectivity index is 1.24. The lowest BCUT2D eigenvalue weighted by atomic mass is 9.99. The number of piperidine rings is 1. The van der Waals surface area contributed by atoms with Crippen molar-refractivity contribution >= 4 is 67.8 Å². The minimum Gasteiger partial charge on any atom is -0.494 e. The summed E-state index contributed by atoms with van der Waals surface area (Å²) < 4.78 is 46.4. The normalized spacial score (nSPS) is 13.6. The smallest absolute Gasteiger partial charge is 0.281 e. The number of ether oxygens (including phenoxy) is 2. The molecule has 0 aliphatic carbocycles. The summed E-state index contributed by atoms with van der Waals surface area (Å²) in [5, 5.41) is 14.6. The maximum absolute atomic E-state index is 13.9. The Labute approximate surface area is 392 Å². The van der Waals surface area contributed by atoms with Crippen LogP contribution in [-0.2, 0) is 36.4 Å². The van der Waals surface area contributed by atoms with Crippen LogP contribution in [0.1, 0.15) is 79.8 Å². The molecular weight excluding hydrogens is 897 g/mol. The van der Waals surface area contributed by atoms with Crippen LogP contribution in [0.25, 0.3) is 22.1 Å². The summed E-state index contributed by atoms with van der Waals surface area (Å²) >= 11 is 0. The molecule has 5 heterocycles. The second kappa shape index (κ2) is 20.1. The molecule has 68 heavy (non-hydrogen) atoms. The van der Waals surface area contributed by atoms with Crippen LogP contribution in [0.3, 0.4) is 0 Å². The molecule has 358 valence electrons. The summed E-state index contributed by atoms with van der Waals surface area (Å²) in [5.74, 6) is 4.63. The predicted octanol–water partition coefficient (Wildman–Crippen LogP) is 3.30. The molecule has 7 rings (SSSR count). The third kappa shape index (κ3) is 10.1. The van der Waals surface area contributed by atoms with Gasteiger partial charge in [-0.15, -0.1) is 0 Å². The Morgan fingerprint density at radius 2 is 1.25 bits per heavy atom. The Kier molecular flexibility index (Phi) is 14.3. The van der Waals surface area contributed by atoms with Crippen LogP contribution in [0, 0.1) is 31.6 Å². The monoisotopic (exact) mass is 950 g/mol. The number of carbonyl (C=O) groups excluding carboxylic acids is 4. The lowest BCUT2D eigenvalue weighted by Crippen LogP contribution is -2.44. The van der Waals surface area contributed by atoms with Crippen molar-refractivity contribution in [1.29, 1.82) is 0 Å². The van der Waals surface area contributed by atoms with Crippen LogP contribution in [0.5, 0.6) is 11.5 Å². The highest BCUT2D eigenvalue weighted by atomic mass is 32.2. The largest absolute Gasteiger partial charge is 0.494 e. The second-order valence-electron chi connectivity index (χ2n) is 16.1. The van der Waals surface area contributed by atoms with Crippen molar-refractivity contribution in [3.8, 4) is 23.3 Å². The first-order valence-electron chi connectivity index (χ1n) is 21.8. The summed E-state index contributed by atoms with van der Waals surface area (Å²) in [7, 11) is 0.921. The molecule has 0 unspecified atom stereocenters. The summed E-state index contributed by atoms with van der Waals surface area (Å²) in [6.45, 7) is 9.01. The number of aromatic nitrogens is 8. The first-order valence-corrected chi connectivity index (χ1v) is 23.2. The lowest BCUT2D eigenvalue weighted by molar-refractivity contribution is 0.0991. The number of nitrogens with one attached hydrogen (secondary N) is 2. The first-order chi connectivity index (χ1) is 32.4. The molecule has 1 fully saturated rings. The van der Waals surface area contributed by atoms with E-state index in [1.165, 1.54) is 54.1 Å². The Bertz CT molecular complexity index is 3140. The molecule has 0 saturated carbocycles. The molecule has 23 heteroatoms. The van der Waals surface area contributed by atoms with E-state index in [0.717, 1.165) is 0 Å². The van der Waals surface area contributed by atoms with E-state index in [9.17, 15) is 27.6 Å². The lowest BCUT2D eigenvalue weighted by Gasteiger charge is -2.30. The van der Waals surface area contributed by atoms with Gasteiger partial charge in [0.25, 0.3) is 22.0 Å². The van der Waals surface area contributed by atoms with E-state index in [1.807, 2.05) is 26.0 Å². The van der Waals surface area contributed by atoms with Gasteiger partial charge in [0.1, 0.15) is 40.5 Å². The highest BCUT2D eigenvalue weighted by molar-refractivity contribution is 7.86. The average Bonchev–Trinajstić information content (AvgIpc) is 4.08. The van der Waals surface area contributed by atoms with Gasteiger partial charge in [-0.05, 0) is 76.9 Å². The number of imidazole rings is 2. The van der Waals surface area contributed by atoms with Gasteiger partial charge in [-0.1, -0.05) is 24.0 Å². The summed E-state index contributed by atoms with van der Waals surface area (Å²) in [4.78, 5) is 61.9. The molecule has 6 aromatic rings. The van der Waals surface area contributed by atoms with E-state index in [-0.39, 0.29) is 60.1 Å². The Morgan fingerprint density at radius 3 is 1.69 bits per heavy atom. The van der Waals surface area contributed by atoms with E-state index < -0.39 is 33.8 Å². The van der Waals surface area contributed by atoms with E-state index in [2.05, 4.69) is 37.7 Å². The van der Waals surface area contributed by atoms with Gasteiger partial charge in [-0.25, -0.2) is 9.97 Å². The molecule has 1 aliphatic heterocycles. The molecule has 1 saturated heterocycles. The molecule has 0 atom stereocenters. The van der Waals surface area contributed by atoms with E-state index in [1.54, 1.807) is 44.5 Å². The van der Waals surface area contributed by atoms with Crippen molar-refractivity contribution in [3.63, 3.8) is 0 Å². The number of benzene rings is 2. The van der Waals surface area contributed by atoms with E-state index >= 15 is 0 Å². The number of carbonyl (C=O) groups is 4. The Hall–Kier alpha value is -7.55. The van der Waals surface area contributed by atoms with Gasteiger partial charge in [0, 0.05) is 70.4 Å². The molecule has 0 bridgehead atoms. The summed E-state index contributed by atoms with van der Waals surface area (Å²) in [5.41, 5.74) is 15.2. The molecule has 2 aromatic carbocycles. The fraction of sp³-hybridized carbons (Fsp3) is 0.378. The number of hydrogen-bond donors (Lipinski definition) is 4. The maximum Gasteiger partial charge on any atom is 0.281 e. The first kappa shape index (κ1) is 48.4. The summed E-state index contributed by atoms with van der Waals surface area (Å²) in [6.07, 6.45) is 4.72. The number of nitrogens with two attached hydrogens (primary N) is 2. The number of amides is 4. The number of rotatable bonds is 17. The number of allylic oxidation sites excluding steroid dienone is 2. The number of fused-ring (bicyclic) bond motifs is 2.